The van der Waals surface area contributed by atoms with Crippen LogP contribution >= 0.6 is 0 Å². The first-order chi connectivity index (χ1) is 14.1. The van der Waals surface area contributed by atoms with Gasteiger partial charge >= 0.3 is 0 Å². The molecular formula is C24H25NO4. The molecule has 3 aromatic rings. The Morgan fingerprint density at radius 1 is 0.931 bits per heavy atom. The maximum atomic E-state index is 12.7. The Morgan fingerprint density at radius 3 is 2.41 bits per heavy atom. The molecule has 0 spiro atoms. The number of aryl methyl sites for hydroxylation is 1. The summed E-state index contributed by atoms with van der Waals surface area (Å²) in [4.78, 5) is 12.7. The van der Waals surface area contributed by atoms with Crippen molar-refractivity contribution in [3.63, 3.8) is 0 Å². The highest BCUT2D eigenvalue weighted by Gasteiger charge is 2.12. The minimum atomic E-state index is -0.181. The minimum Gasteiger partial charge on any atom is -0.497 e. The number of carbonyl (C=O) groups excluding carboxylic acids is 1. The Hall–Kier alpha value is -3.47. The molecule has 0 saturated carbocycles. The Morgan fingerprint density at radius 2 is 1.69 bits per heavy atom. The first-order valence-corrected chi connectivity index (χ1v) is 9.49. The molecule has 0 bridgehead atoms. The van der Waals surface area contributed by atoms with Gasteiger partial charge in [-0.3, -0.25) is 4.79 Å². The molecule has 1 N–H and O–H groups in total. The van der Waals surface area contributed by atoms with Crippen molar-refractivity contribution in [3.8, 4) is 17.2 Å². The van der Waals surface area contributed by atoms with Gasteiger partial charge in [-0.05, 0) is 56.3 Å². The molecule has 3 rings (SSSR count). The van der Waals surface area contributed by atoms with Crippen molar-refractivity contribution in [1.29, 1.82) is 0 Å². The number of methoxy groups -OCH3 is 1. The van der Waals surface area contributed by atoms with Crippen LogP contribution in [-0.2, 0) is 6.61 Å². The summed E-state index contributed by atoms with van der Waals surface area (Å²) in [5.74, 6) is 1.92. The highest BCUT2D eigenvalue weighted by molar-refractivity contribution is 6.04. The summed E-state index contributed by atoms with van der Waals surface area (Å²) in [6, 6.07) is 20.4. The van der Waals surface area contributed by atoms with E-state index in [0.29, 0.717) is 23.7 Å². The number of benzene rings is 3. The van der Waals surface area contributed by atoms with Gasteiger partial charge in [0.1, 0.15) is 23.9 Å². The molecule has 5 heteroatoms. The fraction of sp³-hybridized carbons (Fsp3) is 0.208. The van der Waals surface area contributed by atoms with Gasteiger partial charge in [-0.15, -0.1) is 0 Å². The van der Waals surface area contributed by atoms with E-state index >= 15 is 0 Å². The summed E-state index contributed by atoms with van der Waals surface area (Å²) in [5, 5.41) is 2.92. The van der Waals surface area contributed by atoms with E-state index in [4.69, 9.17) is 14.2 Å². The van der Waals surface area contributed by atoms with Gasteiger partial charge in [0.2, 0.25) is 0 Å². The van der Waals surface area contributed by atoms with Crippen molar-refractivity contribution >= 4 is 11.6 Å². The van der Waals surface area contributed by atoms with Crippen LogP contribution in [0.5, 0.6) is 17.2 Å². The van der Waals surface area contributed by atoms with Crippen molar-refractivity contribution < 1.29 is 19.0 Å². The molecule has 3 aromatic carbocycles. The summed E-state index contributed by atoms with van der Waals surface area (Å²) in [5.41, 5.74) is 3.23. The standard InChI is InChI=1S/C24H25NO4/c1-4-28-23-13-10-18(24(26)25-20-11-8-17(2)9-12-20)14-19(23)16-29-22-7-5-6-21(15-22)27-3/h5-15H,4,16H2,1-3H3,(H,25,26). The molecule has 5 nitrogen and oxygen atoms in total. The fourth-order valence-corrected chi connectivity index (χ4v) is 2.82. The zero-order valence-electron chi connectivity index (χ0n) is 16.9. The number of anilines is 1. The van der Waals surface area contributed by atoms with Crippen LogP contribution in [-0.4, -0.2) is 19.6 Å². The highest BCUT2D eigenvalue weighted by Crippen LogP contribution is 2.25. The maximum Gasteiger partial charge on any atom is 0.255 e. The van der Waals surface area contributed by atoms with E-state index in [0.717, 1.165) is 22.6 Å². The maximum absolute atomic E-state index is 12.7. The van der Waals surface area contributed by atoms with Gasteiger partial charge in [-0.2, -0.15) is 0 Å². The molecular weight excluding hydrogens is 366 g/mol. The van der Waals surface area contributed by atoms with E-state index in [2.05, 4.69) is 5.32 Å². The van der Waals surface area contributed by atoms with Gasteiger partial charge in [0.25, 0.3) is 5.91 Å². The number of rotatable bonds is 8. The Labute approximate surface area is 171 Å². The van der Waals surface area contributed by atoms with Crippen LogP contribution in [0.2, 0.25) is 0 Å². The molecule has 0 atom stereocenters. The third kappa shape index (κ3) is 5.51. The Bertz CT molecular complexity index is 967. The third-order valence-electron chi connectivity index (χ3n) is 4.37. The highest BCUT2D eigenvalue weighted by atomic mass is 16.5. The molecule has 1 amide bonds. The number of carbonyl (C=O) groups is 1. The van der Waals surface area contributed by atoms with Gasteiger partial charge in [0.15, 0.2) is 0 Å². The molecule has 150 valence electrons. The van der Waals surface area contributed by atoms with Gasteiger partial charge in [0.05, 0.1) is 13.7 Å². The second-order valence-electron chi connectivity index (χ2n) is 6.54. The number of nitrogens with one attached hydrogen (secondary N) is 1. The minimum absolute atomic E-state index is 0.181. The zero-order valence-corrected chi connectivity index (χ0v) is 16.9. The second-order valence-corrected chi connectivity index (χ2v) is 6.54. The largest absolute Gasteiger partial charge is 0.497 e. The SMILES string of the molecule is CCOc1ccc(C(=O)Nc2ccc(C)cc2)cc1COc1cccc(OC)c1. The van der Waals surface area contributed by atoms with Crippen LogP contribution in [0, 0.1) is 6.92 Å². The van der Waals surface area contributed by atoms with Gasteiger partial charge in [0, 0.05) is 22.9 Å². The first-order valence-electron chi connectivity index (χ1n) is 9.49. The monoisotopic (exact) mass is 391 g/mol. The lowest BCUT2D eigenvalue weighted by atomic mass is 10.1. The van der Waals surface area contributed by atoms with E-state index in [1.165, 1.54) is 0 Å². The van der Waals surface area contributed by atoms with Crippen molar-refractivity contribution in [2.24, 2.45) is 0 Å². The quantitative estimate of drug-likeness (QED) is 0.571. The van der Waals surface area contributed by atoms with Crippen LogP contribution < -0.4 is 19.5 Å². The predicted octanol–water partition coefficient (Wildman–Crippen LogP) is 5.23. The smallest absolute Gasteiger partial charge is 0.255 e. The van der Waals surface area contributed by atoms with E-state index < -0.39 is 0 Å². The molecule has 0 saturated heterocycles. The molecule has 0 aliphatic rings. The lowest BCUT2D eigenvalue weighted by Crippen LogP contribution is -2.13. The third-order valence-corrected chi connectivity index (χ3v) is 4.37. The molecule has 0 aliphatic heterocycles. The van der Waals surface area contributed by atoms with E-state index in [1.807, 2.05) is 62.4 Å². The average Bonchev–Trinajstić information content (AvgIpc) is 2.75. The van der Waals surface area contributed by atoms with Crippen LogP contribution in [0.15, 0.2) is 66.7 Å². The zero-order chi connectivity index (χ0) is 20.6. The van der Waals surface area contributed by atoms with Crippen molar-refractivity contribution in [3.05, 3.63) is 83.4 Å². The summed E-state index contributed by atoms with van der Waals surface area (Å²) >= 11 is 0. The van der Waals surface area contributed by atoms with Gasteiger partial charge in [-0.1, -0.05) is 23.8 Å². The summed E-state index contributed by atoms with van der Waals surface area (Å²) in [6.07, 6.45) is 0. The van der Waals surface area contributed by atoms with Crippen LogP contribution in [0.4, 0.5) is 5.69 Å². The van der Waals surface area contributed by atoms with Crippen LogP contribution in [0.25, 0.3) is 0 Å². The summed E-state index contributed by atoms with van der Waals surface area (Å²) in [7, 11) is 1.61. The molecule has 0 heterocycles. The molecule has 0 aliphatic carbocycles. The van der Waals surface area contributed by atoms with Gasteiger partial charge < -0.3 is 19.5 Å². The molecule has 0 fully saturated rings. The summed E-state index contributed by atoms with van der Waals surface area (Å²) < 4.78 is 16.8. The lowest BCUT2D eigenvalue weighted by Gasteiger charge is -2.14. The lowest BCUT2D eigenvalue weighted by molar-refractivity contribution is 0.102. The second kappa shape index (κ2) is 9.64. The molecule has 0 unspecified atom stereocenters. The van der Waals surface area contributed by atoms with Gasteiger partial charge in [-0.25, -0.2) is 0 Å². The van der Waals surface area contributed by atoms with Crippen molar-refractivity contribution in [2.45, 2.75) is 20.5 Å². The van der Waals surface area contributed by atoms with Crippen LogP contribution in [0.3, 0.4) is 0 Å². The van der Waals surface area contributed by atoms with E-state index in [9.17, 15) is 4.79 Å². The number of hydrogen-bond acceptors (Lipinski definition) is 4. The topological polar surface area (TPSA) is 56.8 Å². The fourth-order valence-electron chi connectivity index (χ4n) is 2.82. The number of hydrogen-bond donors (Lipinski definition) is 1. The van der Waals surface area contributed by atoms with Crippen molar-refractivity contribution in [2.75, 3.05) is 19.0 Å². The molecule has 29 heavy (non-hydrogen) atoms. The average molecular weight is 391 g/mol. The Balaban J connectivity index is 1.77. The summed E-state index contributed by atoms with van der Waals surface area (Å²) in [6.45, 7) is 4.73. The predicted molar refractivity (Wildman–Crippen MR) is 114 cm³/mol. The van der Waals surface area contributed by atoms with Crippen molar-refractivity contribution in [1.82, 2.24) is 0 Å². The normalized spacial score (nSPS) is 10.3. The van der Waals surface area contributed by atoms with Crippen LogP contribution in [0.1, 0.15) is 28.4 Å². The van der Waals surface area contributed by atoms with E-state index in [-0.39, 0.29) is 12.5 Å². The molecule has 0 aromatic heterocycles. The molecule has 0 radical (unpaired) electrons. The Kier molecular flexibility index (Phi) is 6.74. The van der Waals surface area contributed by atoms with E-state index in [1.54, 1.807) is 25.3 Å². The first kappa shape index (κ1) is 20.3. The number of amides is 1. The number of ether oxygens (including phenoxy) is 3.